The van der Waals surface area contributed by atoms with Gasteiger partial charge in [0.25, 0.3) is 5.91 Å². The predicted molar refractivity (Wildman–Crippen MR) is 77.3 cm³/mol. The fraction of sp³-hybridized carbons (Fsp3) is 0.250. The molecule has 1 atom stereocenters. The summed E-state index contributed by atoms with van der Waals surface area (Å²) in [4.78, 5) is 16.4. The van der Waals surface area contributed by atoms with Gasteiger partial charge in [0.05, 0.1) is 12.1 Å². The summed E-state index contributed by atoms with van der Waals surface area (Å²) in [6, 6.07) is 12.8. The second-order valence-corrected chi connectivity index (χ2v) is 5.00. The highest BCUT2D eigenvalue weighted by Crippen LogP contribution is 2.20. The molecule has 2 rings (SSSR count). The minimum atomic E-state index is -0.810. The summed E-state index contributed by atoms with van der Waals surface area (Å²) in [7, 11) is 0. The summed E-state index contributed by atoms with van der Waals surface area (Å²) in [5, 5.41) is 12.5. The number of carbonyl (C=O) groups is 1. The molecule has 20 heavy (non-hydrogen) atoms. The summed E-state index contributed by atoms with van der Waals surface area (Å²) in [5.41, 5.74) is 1.37. The monoisotopic (exact) mass is 270 g/mol. The van der Waals surface area contributed by atoms with E-state index in [2.05, 4.69) is 10.3 Å². The summed E-state index contributed by atoms with van der Waals surface area (Å²) >= 11 is 0. The number of nitrogens with one attached hydrogen (secondary N) is 1. The van der Waals surface area contributed by atoms with Gasteiger partial charge in [0.2, 0.25) is 0 Å². The lowest BCUT2D eigenvalue weighted by Gasteiger charge is -2.29. The van der Waals surface area contributed by atoms with Crippen LogP contribution in [0.1, 0.15) is 28.5 Å². The maximum absolute atomic E-state index is 12.3. The Balaban J connectivity index is 2.24. The summed E-state index contributed by atoms with van der Waals surface area (Å²) in [6.07, 6.45) is 1.60. The lowest BCUT2D eigenvalue weighted by atomic mass is 9.92. The number of hydrogen-bond donors (Lipinski definition) is 2. The molecule has 4 nitrogen and oxygen atoms in total. The van der Waals surface area contributed by atoms with Crippen molar-refractivity contribution in [2.75, 3.05) is 6.61 Å². The molecule has 0 saturated heterocycles. The van der Waals surface area contributed by atoms with E-state index in [1.54, 1.807) is 25.3 Å². The minimum Gasteiger partial charge on any atom is -0.394 e. The zero-order valence-electron chi connectivity index (χ0n) is 11.6. The molecule has 0 fully saturated rings. The van der Waals surface area contributed by atoms with E-state index in [4.69, 9.17) is 0 Å². The number of hydrogen-bond acceptors (Lipinski definition) is 3. The second kappa shape index (κ2) is 5.84. The molecule has 1 heterocycles. The lowest BCUT2D eigenvalue weighted by molar-refractivity contribution is 0.0849. The minimum absolute atomic E-state index is 0.174. The number of amides is 1. The molecule has 0 aliphatic carbocycles. The Kier molecular flexibility index (Phi) is 4.15. The van der Waals surface area contributed by atoms with Gasteiger partial charge in [0.15, 0.2) is 0 Å². The molecule has 0 bridgehead atoms. The van der Waals surface area contributed by atoms with Crippen molar-refractivity contribution in [1.29, 1.82) is 0 Å². The normalized spacial score (nSPS) is 13.6. The van der Waals surface area contributed by atoms with Crippen LogP contribution in [0.4, 0.5) is 0 Å². The third-order valence-electron chi connectivity index (χ3n) is 3.28. The summed E-state index contributed by atoms with van der Waals surface area (Å²) < 4.78 is 0. The van der Waals surface area contributed by atoms with Gasteiger partial charge in [0.1, 0.15) is 0 Å². The number of nitrogens with zero attached hydrogens (tertiary/aromatic N) is 1. The standard InChI is InChI=1S/C16H18N2O2/c1-12-10-13(8-9-17-12)15(20)18-16(2,11-19)14-6-4-3-5-7-14/h3-10,19H,11H2,1-2H3,(H,18,20). The third kappa shape index (κ3) is 3.03. The van der Waals surface area contributed by atoms with Crippen LogP contribution >= 0.6 is 0 Å². The molecule has 1 unspecified atom stereocenters. The van der Waals surface area contributed by atoms with Gasteiger partial charge in [-0.1, -0.05) is 30.3 Å². The molecule has 104 valence electrons. The van der Waals surface area contributed by atoms with Crippen molar-refractivity contribution in [2.45, 2.75) is 19.4 Å². The fourth-order valence-electron chi connectivity index (χ4n) is 2.02. The van der Waals surface area contributed by atoms with Crippen molar-refractivity contribution in [1.82, 2.24) is 10.3 Å². The van der Waals surface area contributed by atoms with Crippen molar-refractivity contribution in [3.63, 3.8) is 0 Å². The highest BCUT2D eigenvalue weighted by molar-refractivity contribution is 5.94. The number of aliphatic hydroxyl groups excluding tert-OH is 1. The Labute approximate surface area is 118 Å². The van der Waals surface area contributed by atoms with E-state index in [1.807, 2.05) is 37.3 Å². The number of aryl methyl sites for hydroxylation is 1. The molecule has 0 saturated carbocycles. The average Bonchev–Trinajstić information content (AvgIpc) is 2.48. The lowest BCUT2D eigenvalue weighted by Crippen LogP contribution is -2.46. The summed E-state index contributed by atoms with van der Waals surface area (Å²) in [5.74, 6) is -0.226. The van der Waals surface area contributed by atoms with E-state index < -0.39 is 5.54 Å². The summed E-state index contributed by atoms with van der Waals surface area (Å²) in [6.45, 7) is 3.46. The zero-order chi connectivity index (χ0) is 14.6. The van der Waals surface area contributed by atoms with E-state index in [0.29, 0.717) is 5.56 Å². The Morgan fingerprint density at radius 3 is 2.60 bits per heavy atom. The van der Waals surface area contributed by atoms with Crippen molar-refractivity contribution in [2.24, 2.45) is 0 Å². The van der Waals surface area contributed by atoms with Gasteiger partial charge >= 0.3 is 0 Å². The van der Waals surface area contributed by atoms with E-state index in [0.717, 1.165) is 11.3 Å². The molecule has 0 aliphatic heterocycles. The van der Waals surface area contributed by atoms with Gasteiger partial charge in [-0.3, -0.25) is 9.78 Å². The number of aromatic nitrogens is 1. The molecule has 0 radical (unpaired) electrons. The molecular weight excluding hydrogens is 252 g/mol. The Morgan fingerprint density at radius 2 is 2.00 bits per heavy atom. The number of pyridine rings is 1. The smallest absolute Gasteiger partial charge is 0.252 e. The van der Waals surface area contributed by atoms with E-state index in [1.165, 1.54) is 0 Å². The van der Waals surface area contributed by atoms with Crippen LogP contribution in [-0.2, 0) is 5.54 Å². The SMILES string of the molecule is Cc1cc(C(=O)NC(C)(CO)c2ccccc2)ccn1. The number of carbonyl (C=O) groups excluding carboxylic acids is 1. The number of benzene rings is 1. The van der Waals surface area contributed by atoms with Gasteiger partial charge in [-0.25, -0.2) is 0 Å². The van der Waals surface area contributed by atoms with Crippen LogP contribution in [-0.4, -0.2) is 22.6 Å². The van der Waals surface area contributed by atoms with Crippen LogP contribution in [0.25, 0.3) is 0 Å². The van der Waals surface area contributed by atoms with Crippen molar-refractivity contribution in [3.8, 4) is 0 Å². The first-order valence-electron chi connectivity index (χ1n) is 6.47. The van der Waals surface area contributed by atoms with Crippen LogP contribution in [0, 0.1) is 6.92 Å². The first kappa shape index (κ1) is 14.2. The maximum atomic E-state index is 12.3. The largest absolute Gasteiger partial charge is 0.394 e. The average molecular weight is 270 g/mol. The first-order chi connectivity index (χ1) is 9.55. The maximum Gasteiger partial charge on any atom is 0.252 e. The highest BCUT2D eigenvalue weighted by Gasteiger charge is 2.28. The van der Waals surface area contributed by atoms with Crippen LogP contribution in [0.2, 0.25) is 0 Å². The molecule has 2 aromatic rings. The Bertz CT molecular complexity index is 598. The molecule has 4 heteroatoms. The topological polar surface area (TPSA) is 62.2 Å². The van der Waals surface area contributed by atoms with Gasteiger partial charge in [-0.15, -0.1) is 0 Å². The molecule has 1 aromatic heterocycles. The highest BCUT2D eigenvalue weighted by atomic mass is 16.3. The Hall–Kier alpha value is -2.20. The number of aliphatic hydroxyl groups is 1. The number of rotatable bonds is 4. The molecule has 1 aromatic carbocycles. The first-order valence-corrected chi connectivity index (χ1v) is 6.47. The predicted octanol–water partition coefficient (Wildman–Crippen LogP) is 2.03. The van der Waals surface area contributed by atoms with Gasteiger partial charge in [-0.2, -0.15) is 0 Å². The molecule has 0 spiro atoms. The van der Waals surface area contributed by atoms with Crippen LogP contribution in [0.5, 0.6) is 0 Å². The van der Waals surface area contributed by atoms with Crippen LogP contribution in [0.3, 0.4) is 0 Å². The van der Waals surface area contributed by atoms with Crippen LogP contribution < -0.4 is 5.32 Å². The van der Waals surface area contributed by atoms with Crippen molar-refractivity contribution >= 4 is 5.91 Å². The second-order valence-electron chi connectivity index (χ2n) is 5.00. The van der Waals surface area contributed by atoms with Crippen molar-refractivity contribution < 1.29 is 9.90 Å². The van der Waals surface area contributed by atoms with E-state index in [9.17, 15) is 9.90 Å². The fourth-order valence-corrected chi connectivity index (χ4v) is 2.02. The van der Waals surface area contributed by atoms with Gasteiger partial charge in [-0.05, 0) is 31.5 Å². The quantitative estimate of drug-likeness (QED) is 0.893. The van der Waals surface area contributed by atoms with Gasteiger partial charge in [0, 0.05) is 17.5 Å². The van der Waals surface area contributed by atoms with E-state index >= 15 is 0 Å². The molecule has 2 N–H and O–H groups in total. The molecule has 1 amide bonds. The van der Waals surface area contributed by atoms with Crippen LogP contribution in [0.15, 0.2) is 48.7 Å². The van der Waals surface area contributed by atoms with Gasteiger partial charge < -0.3 is 10.4 Å². The Morgan fingerprint density at radius 1 is 1.30 bits per heavy atom. The molecular formula is C16H18N2O2. The van der Waals surface area contributed by atoms with Crippen molar-refractivity contribution in [3.05, 3.63) is 65.5 Å². The third-order valence-corrected chi connectivity index (χ3v) is 3.28. The zero-order valence-corrected chi connectivity index (χ0v) is 11.6. The molecule has 0 aliphatic rings. The van der Waals surface area contributed by atoms with E-state index in [-0.39, 0.29) is 12.5 Å².